The molecule has 0 aromatic heterocycles. The van der Waals surface area contributed by atoms with E-state index in [0.29, 0.717) is 0 Å². The number of hydrogen-bond donors (Lipinski definition) is 3. The Balaban J connectivity index is 4.05. The van der Waals surface area contributed by atoms with E-state index < -0.39 is 0 Å². The molecule has 0 aliphatic heterocycles. The van der Waals surface area contributed by atoms with Crippen LogP contribution in [0, 0.1) is 5.41 Å². The summed E-state index contributed by atoms with van der Waals surface area (Å²) in [5.74, 6) is -0.0217. The number of rotatable bonds is 2. The van der Waals surface area contributed by atoms with Gasteiger partial charge in [0.1, 0.15) is 5.84 Å². The van der Waals surface area contributed by atoms with Gasteiger partial charge in [0.15, 0.2) is 0 Å². The van der Waals surface area contributed by atoms with Gasteiger partial charge in [-0.25, -0.2) is 4.79 Å². The number of nitrogens with zero attached hydrogens (tertiary/aromatic N) is 1. The van der Waals surface area contributed by atoms with Gasteiger partial charge in [-0.15, -0.1) is 0 Å². The molecule has 0 aliphatic rings. The van der Waals surface area contributed by atoms with Crippen molar-refractivity contribution in [1.29, 1.82) is 5.41 Å². The zero-order valence-electron chi connectivity index (χ0n) is 8.64. The summed E-state index contributed by atoms with van der Waals surface area (Å²) in [4.78, 5) is 12.7. The lowest BCUT2D eigenvalue weighted by Crippen LogP contribution is -2.49. The maximum absolute atomic E-state index is 11.4. The number of carbonyl (C=O) groups excluding carboxylic acids is 1. The minimum Gasteiger partial charge on any atom is -0.386 e. The maximum Gasteiger partial charge on any atom is 0.317 e. The van der Waals surface area contributed by atoms with Crippen LogP contribution in [0.3, 0.4) is 0 Å². The number of likely N-dealkylation sites (N-methyl/N-ethyl adjacent to an activating group) is 1. The third-order valence-electron chi connectivity index (χ3n) is 1.24. The first-order valence-corrected chi connectivity index (χ1v) is 4.08. The molecular formula is C8H18N4O. The highest BCUT2D eigenvalue weighted by molar-refractivity contribution is 5.84. The molecule has 0 rings (SSSR count). The molecule has 0 fully saturated rings. The SMILES string of the molecule is CN(CC(=N)N)C(=O)NC(C)(C)C. The van der Waals surface area contributed by atoms with E-state index in [0.717, 1.165) is 0 Å². The van der Waals surface area contributed by atoms with E-state index in [-0.39, 0.29) is 24.0 Å². The van der Waals surface area contributed by atoms with Crippen LogP contribution in [0.25, 0.3) is 0 Å². The molecule has 0 heterocycles. The van der Waals surface area contributed by atoms with E-state index in [1.807, 2.05) is 20.8 Å². The number of nitrogens with two attached hydrogens (primary N) is 1. The summed E-state index contributed by atoms with van der Waals surface area (Å²) in [6.07, 6.45) is 0. The van der Waals surface area contributed by atoms with E-state index in [9.17, 15) is 4.79 Å². The van der Waals surface area contributed by atoms with Crippen molar-refractivity contribution in [3.8, 4) is 0 Å². The van der Waals surface area contributed by atoms with Crippen LogP contribution in [0.4, 0.5) is 4.79 Å². The summed E-state index contributed by atoms with van der Waals surface area (Å²) in [6, 6.07) is -0.220. The van der Waals surface area contributed by atoms with Gasteiger partial charge in [0.25, 0.3) is 0 Å². The number of nitrogens with one attached hydrogen (secondary N) is 2. The van der Waals surface area contributed by atoms with Gasteiger partial charge in [-0.3, -0.25) is 5.41 Å². The lowest BCUT2D eigenvalue weighted by atomic mass is 10.1. The molecule has 76 valence electrons. The first-order valence-electron chi connectivity index (χ1n) is 4.08. The summed E-state index contributed by atoms with van der Waals surface area (Å²) >= 11 is 0. The fraction of sp³-hybridized carbons (Fsp3) is 0.750. The molecule has 0 spiro atoms. The molecule has 5 heteroatoms. The number of urea groups is 1. The van der Waals surface area contributed by atoms with Crippen molar-refractivity contribution in [2.75, 3.05) is 13.6 Å². The van der Waals surface area contributed by atoms with E-state index in [2.05, 4.69) is 5.32 Å². The van der Waals surface area contributed by atoms with Crippen molar-refractivity contribution >= 4 is 11.9 Å². The number of hydrogen-bond acceptors (Lipinski definition) is 2. The predicted octanol–water partition coefficient (Wildman–Crippen LogP) is 0.362. The molecule has 5 nitrogen and oxygen atoms in total. The molecule has 0 unspecified atom stereocenters. The zero-order chi connectivity index (χ0) is 10.6. The first-order chi connectivity index (χ1) is 5.72. The monoisotopic (exact) mass is 186 g/mol. The third-order valence-corrected chi connectivity index (χ3v) is 1.24. The lowest BCUT2D eigenvalue weighted by molar-refractivity contribution is 0.204. The average Bonchev–Trinajstić information content (AvgIpc) is 1.81. The minimum atomic E-state index is -0.262. The van der Waals surface area contributed by atoms with Crippen LogP contribution >= 0.6 is 0 Å². The topological polar surface area (TPSA) is 82.2 Å². The molecule has 13 heavy (non-hydrogen) atoms. The van der Waals surface area contributed by atoms with Crippen LogP contribution in [0.15, 0.2) is 0 Å². The lowest BCUT2D eigenvalue weighted by Gasteiger charge is -2.25. The molecular weight excluding hydrogens is 168 g/mol. The molecule has 0 atom stereocenters. The van der Waals surface area contributed by atoms with Crippen molar-refractivity contribution in [3.63, 3.8) is 0 Å². The van der Waals surface area contributed by atoms with Crippen LogP contribution in [0.1, 0.15) is 20.8 Å². The Morgan fingerprint density at radius 1 is 1.54 bits per heavy atom. The summed E-state index contributed by atoms with van der Waals surface area (Å²) in [5, 5.41) is 9.76. The number of amidine groups is 1. The van der Waals surface area contributed by atoms with Crippen LogP contribution in [-0.4, -0.2) is 35.9 Å². The largest absolute Gasteiger partial charge is 0.386 e. The molecule has 0 aromatic rings. The molecule has 2 amide bonds. The van der Waals surface area contributed by atoms with Crippen molar-refractivity contribution in [3.05, 3.63) is 0 Å². The van der Waals surface area contributed by atoms with Crippen LogP contribution < -0.4 is 11.1 Å². The highest BCUT2D eigenvalue weighted by Crippen LogP contribution is 1.99. The van der Waals surface area contributed by atoms with Gasteiger partial charge in [0.05, 0.1) is 6.54 Å². The molecule has 0 bridgehead atoms. The Bertz CT molecular complexity index is 207. The second-order valence-electron chi connectivity index (χ2n) is 4.06. The summed E-state index contributed by atoms with van der Waals surface area (Å²) < 4.78 is 0. The van der Waals surface area contributed by atoms with E-state index >= 15 is 0 Å². The van der Waals surface area contributed by atoms with Gasteiger partial charge in [0.2, 0.25) is 0 Å². The average molecular weight is 186 g/mol. The van der Waals surface area contributed by atoms with Crippen LogP contribution in [0.5, 0.6) is 0 Å². The Morgan fingerprint density at radius 3 is 2.31 bits per heavy atom. The standard InChI is InChI=1S/C8H18N4O/c1-8(2,3)11-7(13)12(4)5-6(9)10/h5H2,1-4H3,(H3,9,10)(H,11,13). The third kappa shape index (κ3) is 5.95. The van der Waals surface area contributed by atoms with Gasteiger partial charge < -0.3 is 16.0 Å². The smallest absolute Gasteiger partial charge is 0.317 e. The Morgan fingerprint density at radius 2 is 2.00 bits per heavy atom. The molecule has 0 saturated heterocycles. The Kier molecular flexibility index (Phi) is 3.71. The highest BCUT2D eigenvalue weighted by atomic mass is 16.2. The van der Waals surface area contributed by atoms with Crippen LogP contribution in [0.2, 0.25) is 0 Å². The minimum absolute atomic E-state index is 0.0217. The van der Waals surface area contributed by atoms with Gasteiger partial charge in [-0.05, 0) is 20.8 Å². The van der Waals surface area contributed by atoms with Gasteiger partial charge in [0, 0.05) is 12.6 Å². The van der Waals surface area contributed by atoms with Crippen molar-refractivity contribution in [2.45, 2.75) is 26.3 Å². The van der Waals surface area contributed by atoms with Crippen molar-refractivity contribution in [2.24, 2.45) is 5.73 Å². The van der Waals surface area contributed by atoms with Gasteiger partial charge in [-0.1, -0.05) is 0 Å². The van der Waals surface area contributed by atoms with Crippen molar-refractivity contribution in [1.82, 2.24) is 10.2 Å². The zero-order valence-corrected chi connectivity index (χ0v) is 8.64. The Labute approximate surface area is 78.8 Å². The Hall–Kier alpha value is -1.26. The predicted molar refractivity (Wildman–Crippen MR) is 52.8 cm³/mol. The fourth-order valence-corrected chi connectivity index (χ4v) is 0.744. The maximum atomic E-state index is 11.4. The number of amides is 2. The molecule has 0 aliphatic carbocycles. The molecule has 4 N–H and O–H groups in total. The summed E-state index contributed by atoms with van der Waals surface area (Å²) in [5.41, 5.74) is 4.89. The van der Waals surface area contributed by atoms with Gasteiger partial charge in [-0.2, -0.15) is 0 Å². The van der Waals surface area contributed by atoms with E-state index in [1.54, 1.807) is 7.05 Å². The van der Waals surface area contributed by atoms with Crippen LogP contribution in [-0.2, 0) is 0 Å². The normalized spacial score (nSPS) is 10.8. The second-order valence-corrected chi connectivity index (χ2v) is 4.06. The quantitative estimate of drug-likeness (QED) is 0.430. The molecule has 0 radical (unpaired) electrons. The van der Waals surface area contributed by atoms with E-state index in [1.165, 1.54) is 4.90 Å². The fourth-order valence-electron chi connectivity index (χ4n) is 0.744. The van der Waals surface area contributed by atoms with Crippen molar-refractivity contribution < 1.29 is 4.79 Å². The highest BCUT2D eigenvalue weighted by Gasteiger charge is 2.16. The van der Waals surface area contributed by atoms with Gasteiger partial charge >= 0.3 is 6.03 Å². The van der Waals surface area contributed by atoms with E-state index in [4.69, 9.17) is 11.1 Å². The molecule has 0 aromatic carbocycles. The summed E-state index contributed by atoms with van der Waals surface area (Å²) in [6.45, 7) is 5.84. The number of carbonyl (C=O) groups is 1. The first kappa shape index (κ1) is 11.7. The second kappa shape index (κ2) is 4.11. The molecule has 0 saturated carbocycles. The summed E-state index contributed by atoms with van der Waals surface area (Å²) in [7, 11) is 1.60.